The maximum absolute atomic E-state index is 12.4. The van der Waals surface area contributed by atoms with Crippen molar-refractivity contribution in [2.24, 2.45) is 0 Å². The van der Waals surface area contributed by atoms with Crippen LogP contribution < -0.4 is 4.74 Å². The summed E-state index contributed by atoms with van der Waals surface area (Å²) in [4.78, 5) is 39.6. The molecule has 2 aromatic carbocycles. The first-order valence-corrected chi connectivity index (χ1v) is 10.5. The van der Waals surface area contributed by atoms with Crippen molar-refractivity contribution in [3.05, 3.63) is 64.2 Å². The van der Waals surface area contributed by atoms with E-state index in [9.17, 15) is 19.7 Å². The van der Waals surface area contributed by atoms with Crippen LogP contribution in [0.2, 0.25) is 0 Å². The molecule has 9 heteroatoms. The van der Waals surface area contributed by atoms with E-state index in [2.05, 4.69) is 0 Å². The summed E-state index contributed by atoms with van der Waals surface area (Å²) < 4.78 is 5.32. The zero-order valence-corrected chi connectivity index (χ0v) is 18.1. The van der Waals surface area contributed by atoms with Crippen molar-refractivity contribution in [2.75, 3.05) is 33.3 Å². The summed E-state index contributed by atoms with van der Waals surface area (Å²) in [7, 11) is 1.55. The van der Waals surface area contributed by atoms with Gasteiger partial charge in [-0.25, -0.2) is 0 Å². The molecule has 0 radical (unpaired) electrons. The molecule has 2 amide bonds. The van der Waals surface area contributed by atoms with Crippen molar-refractivity contribution in [1.82, 2.24) is 9.80 Å². The van der Waals surface area contributed by atoms with Crippen molar-refractivity contribution in [3.63, 3.8) is 0 Å². The third kappa shape index (κ3) is 5.64. The zero-order chi connectivity index (χ0) is 22.4. The third-order valence-corrected chi connectivity index (χ3v) is 6.05. The average Bonchev–Trinajstić information content (AvgIpc) is 2.78. The molecule has 0 N–H and O–H groups in total. The Balaban J connectivity index is 1.73. The molecule has 162 valence electrons. The van der Waals surface area contributed by atoms with Gasteiger partial charge in [0.25, 0.3) is 5.69 Å². The molecule has 3 rings (SSSR count). The predicted molar refractivity (Wildman–Crippen MR) is 118 cm³/mol. The second-order valence-electron chi connectivity index (χ2n) is 6.90. The van der Waals surface area contributed by atoms with Crippen molar-refractivity contribution < 1.29 is 19.2 Å². The van der Waals surface area contributed by atoms with Gasteiger partial charge in [-0.15, -0.1) is 0 Å². The Morgan fingerprint density at radius 2 is 1.74 bits per heavy atom. The molecule has 1 aliphatic rings. The van der Waals surface area contributed by atoms with Crippen LogP contribution in [0.3, 0.4) is 0 Å². The molecule has 0 unspecified atom stereocenters. The van der Waals surface area contributed by atoms with Gasteiger partial charge in [-0.3, -0.25) is 19.7 Å². The summed E-state index contributed by atoms with van der Waals surface area (Å²) in [6, 6.07) is 12.2. The number of rotatable bonds is 6. The molecule has 1 fully saturated rings. The number of hydrogen-bond acceptors (Lipinski definition) is 6. The summed E-state index contributed by atoms with van der Waals surface area (Å²) in [5.41, 5.74) is 0.521. The number of piperazine rings is 1. The molecule has 8 nitrogen and oxygen atoms in total. The molecule has 0 aromatic heterocycles. The molecule has 1 heterocycles. The van der Waals surface area contributed by atoms with Gasteiger partial charge in [0, 0.05) is 45.2 Å². The number of amides is 2. The van der Waals surface area contributed by atoms with E-state index in [0.29, 0.717) is 42.4 Å². The number of hydrogen-bond donors (Lipinski definition) is 0. The fraction of sp³-hybridized carbons (Fsp3) is 0.273. The highest BCUT2D eigenvalue weighted by Gasteiger charge is 2.21. The first-order valence-electron chi connectivity index (χ1n) is 9.71. The van der Waals surface area contributed by atoms with Gasteiger partial charge in [0.1, 0.15) is 5.75 Å². The number of methoxy groups -OCH3 is 1. The number of nitro benzene ring substituents is 1. The summed E-state index contributed by atoms with van der Waals surface area (Å²) in [5.74, 6) is 0.459. The van der Waals surface area contributed by atoms with E-state index in [0.717, 1.165) is 4.90 Å². The molecule has 1 aliphatic heterocycles. The van der Waals surface area contributed by atoms with E-state index in [-0.39, 0.29) is 17.5 Å². The van der Waals surface area contributed by atoms with E-state index in [1.807, 2.05) is 18.2 Å². The van der Waals surface area contributed by atoms with Crippen LogP contribution >= 0.6 is 11.8 Å². The molecule has 0 atom stereocenters. The zero-order valence-electron chi connectivity index (χ0n) is 17.3. The van der Waals surface area contributed by atoms with Crippen LogP contribution in [0, 0.1) is 10.1 Å². The Labute approximate surface area is 184 Å². The molecule has 0 aliphatic carbocycles. The number of nitrogens with zero attached hydrogens (tertiary/aromatic N) is 3. The van der Waals surface area contributed by atoms with Crippen LogP contribution in [0.25, 0.3) is 6.08 Å². The van der Waals surface area contributed by atoms with Gasteiger partial charge in [0.05, 0.1) is 21.8 Å². The highest BCUT2D eigenvalue weighted by Crippen LogP contribution is 2.39. The largest absolute Gasteiger partial charge is 0.496 e. The van der Waals surface area contributed by atoms with E-state index >= 15 is 0 Å². The highest BCUT2D eigenvalue weighted by atomic mass is 32.2. The standard InChI is InChI=1S/C22H23N3O5S/c1-16(26)23-11-13-24(14-12-23)22(27)10-8-17-7-9-20(18(15-17)25(28)29)31-21-6-4-3-5-19(21)30-2/h3-10,15H,11-14H2,1-2H3/b10-8+. The molecule has 31 heavy (non-hydrogen) atoms. The summed E-state index contributed by atoms with van der Waals surface area (Å²) in [5, 5.41) is 11.6. The smallest absolute Gasteiger partial charge is 0.283 e. The number of nitro groups is 1. The first-order chi connectivity index (χ1) is 14.9. The van der Waals surface area contributed by atoms with Crippen molar-refractivity contribution in [1.29, 1.82) is 0 Å². The monoisotopic (exact) mass is 441 g/mol. The topological polar surface area (TPSA) is 93.0 Å². The fourth-order valence-corrected chi connectivity index (χ4v) is 4.21. The third-order valence-electron chi connectivity index (χ3n) is 4.92. The molecule has 0 spiro atoms. The maximum atomic E-state index is 12.4. The van der Waals surface area contributed by atoms with Crippen molar-refractivity contribution in [2.45, 2.75) is 16.7 Å². The normalized spacial score (nSPS) is 14.0. The lowest BCUT2D eigenvalue weighted by Crippen LogP contribution is -2.49. The van der Waals surface area contributed by atoms with Gasteiger partial charge < -0.3 is 14.5 Å². The summed E-state index contributed by atoms with van der Waals surface area (Å²) in [6.45, 7) is 3.47. The minimum atomic E-state index is -0.433. The van der Waals surface area contributed by atoms with Gasteiger partial charge in [-0.1, -0.05) is 30.0 Å². The van der Waals surface area contributed by atoms with Gasteiger partial charge in [-0.2, -0.15) is 0 Å². The summed E-state index contributed by atoms with van der Waals surface area (Å²) >= 11 is 1.25. The number of benzene rings is 2. The van der Waals surface area contributed by atoms with Crippen LogP contribution in [0.4, 0.5) is 5.69 Å². The Bertz CT molecular complexity index is 1020. The Morgan fingerprint density at radius 3 is 2.39 bits per heavy atom. The Kier molecular flexibility index (Phi) is 7.30. The van der Waals surface area contributed by atoms with Crippen molar-refractivity contribution >= 4 is 35.3 Å². The Morgan fingerprint density at radius 1 is 1.06 bits per heavy atom. The maximum Gasteiger partial charge on any atom is 0.283 e. The van der Waals surface area contributed by atoms with E-state index < -0.39 is 4.92 Å². The Hall–Kier alpha value is -3.33. The minimum Gasteiger partial charge on any atom is -0.496 e. The predicted octanol–water partition coefficient (Wildman–Crippen LogP) is 3.46. The van der Waals surface area contributed by atoms with Gasteiger partial charge in [0.2, 0.25) is 11.8 Å². The lowest BCUT2D eigenvalue weighted by atomic mass is 10.2. The van der Waals surface area contributed by atoms with Crippen LogP contribution in [-0.4, -0.2) is 59.8 Å². The number of para-hydroxylation sites is 1. The average molecular weight is 442 g/mol. The lowest BCUT2D eigenvalue weighted by Gasteiger charge is -2.33. The van der Waals surface area contributed by atoms with Crippen LogP contribution in [0.15, 0.2) is 58.3 Å². The van der Waals surface area contributed by atoms with Crippen LogP contribution in [0.5, 0.6) is 5.75 Å². The number of ether oxygens (including phenoxy) is 1. The quantitative estimate of drug-likeness (QED) is 0.387. The molecule has 1 saturated heterocycles. The lowest BCUT2D eigenvalue weighted by molar-refractivity contribution is -0.387. The van der Waals surface area contributed by atoms with Crippen molar-refractivity contribution in [3.8, 4) is 5.75 Å². The minimum absolute atomic E-state index is 0.000956. The molecular weight excluding hydrogens is 418 g/mol. The molecule has 0 saturated carbocycles. The second kappa shape index (κ2) is 10.1. The van der Waals surface area contributed by atoms with Crippen LogP contribution in [-0.2, 0) is 9.59 Å². The second-order valence-corrected chi connectivity index (χ2v) is 7.99. The molecule has 0 bridgehead atoms. The number of carbonyl (C=O) groups is 2. The fourth-order valence-electron chi connectivity index (χ4n) is 3.20. The van der Waals surface area contributed by atoms with E-state index in [1.165, 1.54) is 30.8 Å². The van der Waals surface area contributed by atoms with Gasteiger partial charge >= 0.3 is 0 Å². The van der Waals surface area contributed by atoms with E-state index in [4.69, 9.17) is 4.74 Å². The van der Waals surface area contributed by atoms with E-state index in [1.54, 1.807) is 41.2 Å². The first kappa shape index (κ1) is 22.4. The molecular formula is C22H23N3O5S. The van der Waals surface area contributed by atoms with Gasteiger partial charge in [-0.05, 0) is 29.8 Å². The number of carbonyl (C=O) groups excluding carboxylic acids is 2. The highest BCUT2D eigenvalue weighted by molar-refractivity contribution is 7.99. The van der Waals surface area contributed by atoms with Crippen LogP contribution in [0.1, 0.15) is 12.5 Å². The summed E-state index contributed by atoms with van der Waals surface area (Å²) in [6.07, 6.45) is 2.99. The van der Waals surface area contributed by atoms with Gasteiger partial charge in [0.15, 0.2) is 0 Å². The molecule has 2 aromatic rings. The SMILES string of the molecule is COc1ccccc1Sc1ccc(/C=C/C(=O)N2CCN(C(C)=O)CC2)cc1[N+](=O)[O-].